The van der Waals surface area contributed by atoms with Crippen LogP contribution in [0.4, 0.5) is 5.69 Å². The molecule has 2 aromatic carbocycles. The van der Waals surface area contributed by atoms with Gasteiger partial charge in [0.15, 0.2) is 11.5 Å². The largest absolute Gasteiger partial charge is 0.493 e. The van der Waals surface area contributed by atoms with Crippen molar-refractivity contribution in [2.45, 2.75) is 4.21 Å². The summed E-state index contributed by atoms with van der Waals surface area (Å²) in [5.41, 5.74) is 2.02. The number of aromatic nitrogens is 2. The first-order valence-corrected chi connectivity index (χ1v) is 11.8. The maximum Gasteiger partial charge on any atom is 0.271 e. The van der Waals surface area contributed by atoms with E-state index in [4.69, 9.17) is 14.0 Å². The number of nitrogens with one attached hydrogen (secondary N) is 1. The summed E-state index contributed by atoms with van der Waals surface area (Å²) in [6.07, 6.45) is 3.52. The lowest BCUT2D eigenvalue weighted by molar-refractivity contribution is 0.355. The van der Waals surface area contributed by atoms with Crippen LogP contribution in [0.5, 0.6) is 11.5 Å². The Kier molecular flexibility index (Phi) is 6.24. The molecule has 2 heterocycles. The molecule has 8 nitrogen and oxygen atoms in total. The van der Waals surface area contributed by atoms with Crippen molar-refractivity contribution in [1.82, 2.24) is 10.1 Å². The van der Waals surface area contributed by atoms with E-state index in [0.717, 1.165) is 16.9 Å². The normalized spacial score (nSPS) is 11.6. The fourth-order valence-electron chi connectivity index (χ4n) is 2.85. The van der Waals surface area contributed by atoms with E-state index in [1.165, 1.54) is 0 Å². The fraction of sp³-hybridized carbons (Fsp3) is 0.0909. The molecule has 1 N–H and O–H groups in total. The number of methoxy groups -OCH3 is 2. The summed E-state index contributed by atoms with van der Waals surface area (Å²) < 4.78 is 43.3. The van der Waals surface area contributed by atoms with Crippen LogP contribution in [0.3, 0.4) is 0 Å². The quantitative estimate of drug-likeness (QED) is 0.396. The topological polar surface area (TPSA) is 104 Å². The van der Waals surface area contributed by atoms with E-state index in [0.29, 0.717) is 34.5 Å². The van der Waals surface area contributed by atoms with Crippen LogP contribution in [-0.2, 0) is 10.0 Å². The van der Waals surface area contributed by atoms with E-state index in [1.807, 2.05) is 24.3 Å². The number of thiophene rings is 1. The molecule has 0 aliphatic heterocycles. The molecule has 10 heteroatoms. The zero-order valence-electron chi connectivity index (χ0n) is 17.2. The highest BCUT2D eigenvalue weighted by Gasteiger charge is 2.15. The minimum Gasteiger partial charge on any atom is -0.493 e. The number of rotatable bonds is 8. The van der Waals surface area contributed by atoms with Crippen LogP contribution in [0.1, 0.15) is 11.5 Å². The van der Waals surface area contributed by atoms with Crippen LogP contribution in [0.15, 0.2) is 68.7 Å². The van der Waals surface area contributed by atoms with Crippen molar-refractivity contribution in [2.24, 2.45) is 0 Å². The zero-order valence-corrected chi connectivity index (χ0v) is 18.8. The van der Waals surface area contributed by atoms with Gasteiger partial charge in [-0.25, -0.2) is 8.42 Å². The van der Waals surface area contributed by atoms with Gasteiger partial charge >= 0.3 is 0 Å². The molecule has 0 aliphatic carbocycles. The van der Waals surface area contributed by atoms with Gasteiger partial charge in [-0.1, -0.05) is 17.3 Å². The monoisotopic (exact) mass is 469 g/mol. The first-order valence-electron chi connectivity index (χ1n) is 9.39. The summed E-state index contributed by atoms with van der Waals surface area (Å²) >= 11 is 1.16. The molecule has 0 amide bonds. The predicted octanol–water partition coefficient (Wildman–Crippen LogP) is 4.79. The fourth-order valence-corrected chi connectivity index (χ4v) is 4.90. The average Bonchev–Trinajstić information content (AvgIpc) is 3.51. The first kappa shape index (κ1) is 21.6. The van der Waals surface area contributed by atoms with Gasteiger partial charge in [0.2, 0.25) is 5.82 Å². The first-order chi connectivity index (χ1) is 15.5. The lowest BCUT2D eigenvalue weighted by Crippen LogP contribution is -2.11. The maximum atomic E-state index is 12.3. The molecule has 4 rings (SSSR count). The van der Waals surface area contributed by atoms with Gasteiger partial charge in [-0.3, -0.25) is 4.72 Å². The van der Waals surface area contributed by atoms with Crippen LogP contribution in [0, 0.1) is 0 Å². The summed E-state index contributed by atoms with van der Waals surface area (Å²) in [4.78, 5) is 4.36. The van der Waals surface area contributed by atoms with Gasteiger partial charge in [0.1, 0.15) is 4.21 Å². The third kappa shape index (κ3) is 4.82. The standard InChI is InChI=1S/C22H19N3O5S2/c1-28-18-11-5-15(14-19(18)29-2)6-12-20-23-22(24-30-20)16-7-9-17(10-8-16)25-32(26,27)21-4-3-13-31-21/h3-14,25H,1-2H3. The maximum absolute atomic E-state index is 12.3. The van der Waals surface area contributed by atoms with Crippen LogP contribution >= 0.6 is 11.3 Å². The molecule has 0 spiro atoms. The minimum absolute atomic E-state index is 0.255. The molecule has 0 saturated carbocycles. The van der Waals surface area contributed by atoms with Crippen LogP contribution in [0.25, 0.3) is 23.5 Å². The molecule has 0 saturated heterocycles. The Morgan fingerprint density at radius 1 is 1.00 bits per heavy atom. The SMILES string of the molecule is COc1ccc(C=Cc2nc(-c3ccc(NS(=O)(=O)c4cccs4)cc3)no2)cc1OC. The highest BCUT2D eigenvalue weighted by molar-refractivity contribution is 7.94. The molecule has 0 atom stereocenters. The molecule has 0 unspecified atom stereocenters. The van der Waals surface area contributed by atoms with Crippen molar-refractivity contribution < 1.29 is 22.4 Å². The molecular formula is C22H19N3O5S2. The number of nitrogens with zero attached hydrogens (tertiary/aromatic N) is 2. The summed E-state index contributed by atoms with van der Waals surface area (Å²) in [7, 11) is -0.434. The van der Waals surface area contributed by atoms with Crippen molar-refractivity contribution in [3.63, 3.8) is 0 Å². The van der Waals surface area contributed by atoms with E-state index in [2.05, 4.69) is 14.9 Å². The highest BCUT2D eigenvalue weighted by atomic mass is 32.2. The Morgan fingerprint density at radius 2 is 1.78 bits per heavy atom. The molecule has 164 valence electrons. The van der Waals surface area contributed by atoms with Crippen LogP contribution in [0.2, 0.25) is 0 Å². The van der Waals surface area contributed by atoms with Gasteiger partial charge in [-0.2, -0.15) is 4.98 Å². The molecule has 0 radical (unpaired) electrons. The summed E-state index contributed by atoms with van der Waals surface area (Å²) in [6, 6.07) is 15.5. The number of hydrogen-bond donors (Lipinski definition) is 1. The zero-order chi connectivity index (χ0) is 22.6. The smallest absolute Gasteiger partial charge is 0.271 e. The van der Waals surface area contributed by atoms with Crippen molar-refractivity contribution in [3.05, 3.63) is 71.4 Å². The van der Waals surface area contributed by atoms with Crippen LogP contribution in [-0.4, -0.2) is 32.8 Å². The second-order valence-electron chi connectivity index (χ2n) is 6.52. The van der Waals surface area contributed by atoms with Gasteiger partial charge in [-0.15, -0.1) is 11.3 Å². The van der Waals surface area contributed by atoms with E-state index < -0.39 is 10.0 Å². The summed E-state index contributed by atoms with van der Waals surface area (Å²) in [5.74, 6) is 1.99. The van der Waals surface area contributed by atoms with Crippen molar-refractivity contribution >= 4 is 39.2 Å². The Bertz CT molecular complexity index is 1330. The highest BCUT2D eigenvalue weighted by Crippen LogP contribution is 2.28. The average molecular weight is 470 g/mol. The van der Waals surface area contributed by atoms with Gasteiger partial charge in [0, 0.05) is 17.3 Å². The second-order valence-corrected chi connectivity index (χ2v) is 9.38. The van der Waals surface area contributed by atoms with Gasteiger partial charge in [0.05, 0.1) is 14.2 Å². The molecule has 0 aliphatic rings. The van der Waals surface area contributed by atoms with E-state index in [9.17, 15) is 8.42 Å². The molecule has 4 aromatic rings. The van der Waals surface area contributed by atoms with Crippen molar-refractivity contribution in [2.75, 3.05) is 18.9 Å². The third-order valence-electron chi connectivity index (χ3n) is 4.42. The lowest BCUT2D eigenvalue weighted by atomic mass is 10.2. The van der Waals surface area contributed by atoms with Crippen molar-refractivity contribution in [1.29, 1.82) is 0 Å². The van der Waals surface area contributed by atoms with Crippen LogP contribution < -0.4 is 14.2 Å². The summed E-state index contributed by atoms with van der Waals surface area (Å²) in [6.45, 7) is 0. The summed E-state index contributed by atoms with van der Waals surface area (Å²) in [5, 5.41) is 5.70. The molecule has 0 bridgehead atoms. The predicted molar refractivity (Wildman–Crippen MR) is 123 cm³/mol. The van der Waals surface area contributed by atoms with Gasteiger partial charge in [0.25, 0.3) is 15.9 Å². The molecule has 32 heavy (non-hydrogen) atoms. The van der Waals surface area contributed by atoms with Crippen molar-refractivity contribution in [3.8, 4) is 22.9 Å². The Balaban J connectivity index is 1.46. The number of benzene rings is 2. The minimum atomic E-state index is -3.59. The number of hydrogen-bond acceptors (Lipinski definition) is 8. The van der Waals surface area contributed by atoms with Gasteiger partial charge in [-0.05, 0) is 59.5 Å². The molecule has 0 fully saturated rings. The van der Waals surface area contributed by atoms with E-state index in [-0.39, 0.29) is 4.21 Å². The third-order valence-corrected chi connectivity index (χ3v) is 7.20. The number of anilines is 1. The second kappa shape index (κ2) is 9.25. The Hall–Kier alpha value is -3.63. The lowest BCUT2D eigenvalue weighted by Gasteiger charge is -2.07. The molecule has 2 aromatic heterocycles. The van der Waals surface area contributed by atoms with E-state index >= 15 is 0 Å². The number of sulfonamides is 1. The van der Waals surface area contributed by atoms with E-state index in [1.54, 1.807) is 62.1 Å². The Morgan fingerprint density at radius 3 is 2.47 bits per heavy atom. The van der Waals surface area contributed by atoms with Gasteiger partial charge < -0.3 is 14.0 Å². The Labute approximate surface area is 189 Å². The molecular weight excluding hydrogens is 450 g/mol. The number of ether oxygens (including phenoxy) is 2.